The quantitative estimate of drug-likeness (QED) is 0.857. The molecule has 25 heavy (non-hydrogen) atoms. The van der Waals surface area contributed by atoms with Crippen LogP contribution in [0, 0.1) is 11.8 Å². The number of carbonyl (C=O) groups excluding carboxylic acids is 2. The lowest BCUT2D eigenvalue weighted by Gasteiger charge is -2.27. The minimum atomic E-state index is -0.842. The molecule has 1 aromatic rings. The van der Waals surface area contributed by atoms with Crippen molar-refractivity contribution in [1.82, 2.24) is 10.2 Å². The Kier molecular flexibility index (Phi) is 4.99. The minimum Gasteiger partial charge on any atom is -0.481 e. The number of hydrogen-bond acceptors (Lipinski definition) is 3. The summed E-state index contributed by atoms with van der Waals surface area (Å²) < 4.78 is 0. The van der Waals surface area contributed by atoms with Crippen LogP contribution in [-0.2, 0) is 14.4 Å². The van der Waals surface area contributed by atoms with E-state index in [2.05, 4.69) is 5.32 Å². The van der Waals surface area contributed by atoms with Crippen molar-refractivity contribution < 1.29 is 19.5 Å². The molecule has 1 saturated heterocycles. The number of nitrogens with one attached hydrogen (secondary N) is 1. The minimum absolute atomic E-state index is 0.0277. The van der Waals surface area contributed by atoms with Crippen LogP contribution in [0.4, 0.5) is 0 Å². The molecule has 1 aromatic carbocycles. The molecule has 2 unspecified atom stereocenters. The average Bonchev–Trinajstić information content (AvgIpc) is 3.15. The molecule has 2 N–H and O–H groups in total. The summed E-state index contributed by atoms with van der Waals surface area (Å²) in [5.41, 5.74) is 0.915. The fraction of sp³-hybridized carbons (Fsp3) is 0.500. The summed E-state index contributed by atoms with van der Waals surface area (Å²) in [6.07, 6.45) is 1.70. The van der Waals surface area contributed by atoms with Gasteiger partial charge in [0.15, 0.2) is 0 Å². The second-order valence-electron chi connectivity index (χ2n) is 6.87. The fourth-order valence-electron chi connectivity index (χ4n) is 3.86. The molecule has 1 aliphatic heterocycles. The molecule has 0 spiro atoms. The van der Waals surface area contributed by atoms with Crippen LogP contribution in [0.1, 0.15) is 37.3 Å². The van der Waals surface area contributed by atoms with Crippen LogP contribution in [0.5, 0.6) is 0 Å². The number of halogens is 1. The normalized spacial score (nSPS) is 29.0. The Labute approximate surface area is 151 Å². The van der Waals surface area contributed by atoms with Crippen molar-refractivity contribution in [3.8, 4) is 0 Å². The van der Waals surface area contributed by atoms with Gasteiger partial charge in [-0.05, 0) is 37.0 Å². The number of amides is 2. The van der Waals surface area contributed by atoms with Crippen LogP contribution in [0.2, 0.25) is 5.02 Å². The number of likely N-dealkylation sites (N-methyl/N-ethyl adjacent to an activating group) is 1. The van der Waals surface area contributed by atoms with E-state index in [1.807, 2.05) is 12.1 Å². The lowest BCUT2D eigenvalue weighted by atomic mass is 9.98. The summed E-state index contributed by atoms with van der Waals surface area (Å²) in [5, 5.41) is 12.7. The molecule has 6 nitrogen and oxygen atoms in total. The van der Waals surface area contributed by atoms with E-state index in [1.54, 1.807) is 24.1 Å². The van der Waals surface area contributed by atoms with Crippen molar-refractivity contribution in [2.24, 2.45) is 11.8 Å². The molecule has 1 saturated carbocycles. The molecule has 0 aromatic heterocycles. The standard InChI is InChI=1S/C18H21ClN2O4/c1-21-15(22)9-14(16(21)10-4-6-13(19)7-5-10)20-17(23)11-2-3-12(8-11)18(24)25/h4-7,11-12,14,16H,2-3,8-9H2,1H3,(H,20,23)(H,24,25)/t11-,12+,14?,16?/m1/s1. The molecule has 7 heteroatoms. The smallest absolute Gasteiger partial charge is 0.306 e. The predicted octanol–water partition coefficient (Wildman–Crippen LogP) is 2.23. The topological polar surface area (TPSA) is 86.7 Å². The van der Waals surface area contributed by atoms with E-state index in [1.165, 1.54) is 0 Å². The number of benzene rings is 1. The lowest BCUT2D eigenvalue weighted by molar-refractivity contribution is -0.141. The van der Waals surface area contributed by atoms with E-state index in [0.29, 0.717) is 24.3 Å². The Morgan fingerprint density at radius 3 is 2.44 bits per heavy atom. The summed E-state index contributed by atoms with van der Waals surface area (Å²) in [4.78, 5) is 37.4. The van der Waals surface area contributed by atoms with Crippen molar-refractivity contribution in [3.05, 3.63) is 34.9 Å². The second-order valence-corrected chi connectivity index (χ2v) is 7.30. The largest absolute Gasteiger partial charge is 0.481 e. The van der Waals surface area contributed by atoms with Crippen LogP contribution in [0.25, 0.3) is 0 Å². The summed E-state index contributed by atoms with van der Waals surface area (Å²) in [6.45, 7) is 0. The molecule has 1 aliphatic carbocycles. The number of hydrogen-bond donors (Lipinski definition) is 2. The molecule has 0 radical (unpaired) electrons. The number of carboxylic acid groups (broad SMARTS) is 1. The predicted molar refractivity (Wildman–Crippen MR) is 92.0 cm³/mol. The maximum absolute atomic E-state index is 12.6. The first-order chi connectivity index (χ1) is 11.9. The third-order valence-corrected chi connectivity index (χ3v) is 5.53. The van der Waals surface area contributed by atoms with Crippen molar-refractivity contribution in [2.45, 2.75) is 37.8 Å². The maximum Gasteiger partial charge on any atom is 0.306 e. The van der Waals surface area contributed by atoms with Crippen LogP contribution in [0.3, 0.4) is 0 Å². The summed E-state index contributed by atoms with van der Waals surface area (Å²) in [5.74, 6) is -1.77. The molecule has 0 bridgehead atoms. The van der Waals surface area contributed by atoms with E-state index in [0.717, 1.165) is 5.56 Å². The van der Waals surface area contributed by atoms with Crippen molar-refractivity contribution in [2.75, 3.05) is 7.05 Å². The molecule has 134 valence electrons. The van der Waals surface area contributed by atoms with Gasteiger partial charge in [0.2, 0.25) is 11.8 Å². The van der Waals surface area contributed by atoms with Gasteiger partial charge < -0.3 is 15.3 Å². The monoisotopic (exact) mass is 364 g/mol. The highest BCUT2D eigenvalue weighted by atomic mass is 35.5. The number of likely N-dealkylation sites (tertiary alicyclic amines) is 1. The van der Waals surface area contributed by atoms with Gasteiger partial charge in [-0.25, -0.2) is 0 Å². The van der Waals surface area contributed by atoms with E-state index in [4.69, 9.17) is 16.7 Å². The van der Waals surface area contributed by atoms with Gasteiger partial charge in [0.1, 0.15) is 0 Å². The molecule has 3 rings (SSSR count). The van der Waals surface area contributed by atoms with Crippen LogP contribution < -0.4 is 5.32 Å². The number of carbonyl (C=O) groups is 3. The van der Waals surface area contributed by atoms with Gasteiger partial charge in [-0.15, -0.1) is 0 Å². The average molecular weight is 365 g/mol. The SMILES string of the molecule is CN1C(=O)CC(NC(=O)[C@@H]2CC[C@H](C(=O)O)C2)C1c1ccc(Cl)cc1. The van der Waals surface area contributed by atoms with Gasteiger partial charge in [0.25, 0.3) is 0 Å². The fourth-order valence-corrected chi connectivity index (χ4v) is 3.99. The van der Waals surface area contributed by atoms with Gasteiger partial charge in [0, 0.05) is 24.4 Å². The second kappa shape index (κ2) is 7.04. The maximum atomic E-state index is 12.6. The van der Waals surface area contributed by atoms with E-state index >= 15 is 0 Å². The first-order valence-corrected chi connectivity index (χ1v) is 8.79. The number of rotatable bonds is 4. The molecular weight excluding hydrogens is 344 g/mol. The third kappa shape index (κ3) is 3.63. The van der Waals surface area contributed by atoms with Crippen LogP contribution in [-0.4, -0.2) is 40.9 Å². The van der Waals surface area contributed by atoms with E-state index < -0.39 is 11.9 Å². The Balaban J connectivity index is 1.71. The summed E-state index contributed by atoms with van der Waals surface area (Å²) >= 11 is 5.93. The Morgan fingerprint density at radius 2 is 1.84 bits per heavy atom. The summed E-state index contributed by atoms with van der Waals surface area (Å²) in [6, 6.07) is 6.68. The molecule has 2 fully saturated rings. The van der Waals surface area contributed by atoms with Crippen molar-refractivity contribution >= 4 is 29.4 Å². The van der Waals surface area contributed by atoms with Crippen LogP contribution in [0.15, 0.2) is 24.3 Å². The van der Waals surface area contributed by atoms with Crippen molar-refractivity contribution in [3.63, 3.8) is 0 Å². The Bertz CT molecular complexity index is 691. The van der Waals surface area contributed by atoms with Gasteiger partial charge in [-0.3, -0.25) is 14.4 Å². The number of nitrogens with zero attached hydrogens (tertiary/aromatic N) is 1. The number of aliphatic carboxylic acids is 1. The Morgan fingerprint density at radius 1 is 1.20 bits per heavy atom. The zero-order valence-corrected chi connectivity index (χ0v) is 14.7. The molecular formula is C18H21ClN2O4. The lowest BCUT2D eigenvalue weighted by Crippen LogP contribution is -2.41. The molecule has 1 heterocycles. The first-order valence-electron chi connectivity index (χ1n) is 8.41. The number of carboxylic acids is 1. The van der Waals surface area contributed by atoms with Crippen LogP contribution >= 0.6 is 11.6 Å². The Hall–Kier alpha value is -2.08. The first kappa shape index (κ1) is 17.7. The zero-order chi connectivity index (χ0) is 18.1. The van der Waals surface area contributed by atoms with Gasteiger partial charge in [0.05, 0.1) is 18.0 Å². The van der Waals surface area contributed by atoms with Gasteiger partial charge in [-0.1, -0.05) is 23.7 Å². The molecule has 2 aliphatic rings. The molecule has 4 atom stereocenters. The highest BCUT2D eigenvalue weighted by Gasteiger charge is 2.41. The highest BCUT2D eigenvalue weighted by molar-refractivity contribution is 6.30. The third-order valence-electron chi connectivity index (χ3n) is 5.28. The van der Waals surface area contributed by atoms with E-state index in [-0.39, 0.29) is 36.2 Å². The van der Waals surface area contributed by atoms with E-state index in [9.17, 15) is 14.4 Å². The zero-order valence-electron chi connectivity index (χ0n) is 13.9. The van der Waals surface area contributed by atoms with Gasteiger partial charge >= 0.3 is 5.97 Å². The highest BCUT2D eigenvalue weighted by Crippen LogP contribution is 2.35. The molecule has 2 amide bonds. The van der Waals surface area contributed by atoms with Crippen molar-refractivity contribution in [1.29, 1.82) is 0 Å². The summed E-state index contributed by atoms with van der Waals surface area (Å²) in [7, 11) is 1.73. The van der Waals surface area contributed by atoms with Gasteiger partial charge in [-0.2, -0.15) is 0 Å².